The minimum Gasteiger partial charge on any atom is -0.462 e. The van der Waals surface area contributed by atoms with Crippen LogP contribution in [0.4, 0.5) is 8.78 Å². The first-order chi connectivity index (χ1) is 13.9. The van der Waals surface area contributed by atoms with E-state index in [0.717, 1.165) is 12.1 Å². The average Bonchev–Trinajstić information content (AvgIpc) is 2.69. The number of halogens is 2. The van der Waals surface area contributed by atoms with Crippen molar-refractivity contribution in [2.75, 3.05) is 6.61 Å². The van der Waals surface area contributed by atoms with Gasteiger partial charge in [0.2, 0.25) is 5.88 Å². The number of benzene rings is 2. The minimum absolute atomic E-state index is 0.0410. The highest BCUT2D eigenvalue weighted by Gasteiger charge is 2.39. The van der Waals surface area contributed by atoms with Gasteiger partial charge in [-0.3, -0.25) is 0 Å². The molecule has 0 saturated heterocycles. The van der Waals surface area contributed by atoms with Gasteiger partial charge in [0.25, 0.3) is 0 Å². The number of carbonyl (C=O) groups excluding carboxylic acids is 1. The Morgan fingerprint density at radius 2 is 1.93 bits per heavy atom. The van der Waals surface area contributed by atoms with Crippen molar-refractivity contribution in [1.29, 1.82) is 0 Å². The van der Waals surface area contributed by atoms with Gasteiger partial charge < -0.3 is 19.6 Å². The van der Waals surface area contributed by atoms with Crippen molar-refractivity contribution in [3.05, 3.63) is 87.1 Å². The van der Waals surface area contributed by atoms with Crippen molar-refractivity contribution < 1.29 is 27.5 Å². The van der Waals surface area contributed by atoms with Crippen molar-refractivity contribution in [2.45, 2.75) is 12.8 Å². The highest BCUT2D eigenvalue weighted by atomic mass is 19.2. The number of nitrogens with two attached hydrogens (primary N) is 1. The standard InChI is InChI=1S/C21H15F2NO5/c1-2-27-20(25)17-15(10-7-8-12(22)13(23)9-10)16-18(29-19(17)24)11-5-3-4-6-14(11)28-21(16)26/h3-9,15H,2,24H2,1H3/t15-/m0/s1. The van der Waals surface area contributed by atoms with Crippen LogP contribution in [0.1, 0.15) is 24.0 Å². The summed E-state index contributed by atoms with van der Waals surface area (Å²) in [4.78, 5) is 25.4. The largest absolute Gasteiger partial charge is 0.462 e. The maximum atomic E-state index is 14.0. The lowest BCUT2D eigenvalue weighted by Gasteiger charge is -2.28. The molecule has 0 unspecified atom stereocenters. The SMILES string of the molecule is CCOC(=O)C1=C(N)Oc2c(c(=O)oc3ccccc23)[C@@H]1c1ccc(F)c(F)c1. The van der Waals surface area contributed by atoms with Gasteiger partial charge in [-0.2, -0.15) is 0 Å². The number of ether oxygens (including phenoxy) is 2. The minimum atomic E-state index is -1.16. The summed E-state index contributed by atoms with van der Waals surface area (Å²) in [5.74, 6) is -4.39. The van der Waals surface area contributed by atoms with Crippen LogP contribution in [0.2, 0.25) is 0 Å². The molecule has 3 aromatic rings. The molecular weight excluding hydrogens is 384 g/mol. The van der Waals surface area contributed by atoms with E-state index in [1.54, 1.807) is 31.2 Å². The summed E-state index contributed by atoms with van der Waals surface area (Å²) in [6.07, 6.45) is 0. The summed E-state index contributed by atoms with van der Waals surface area (Å²) in [7, 11) is 0. The Balaban J connectivity index is 2.05. The van der Waals surface area contributed by atoms with Gasteiger partial charge in [0.1, 0.15) is 11.2 Å². The average molecular weight is 399 g/mol. The molecule has 2 N–H and O–H groups in total. The highest BCUT2D eigenvalue weighted by molar-refractivity contribution is 5.94. The summed E-state index contributed by atoms with van der Waals surface area (Å²) in [6.45, 7) is 1.64. The topological polar surface area (TPSA) is 91.8 Å². The van der Waals surface area contributed by atoms with Gasteiger partial charge in [-0.15, -0.1) is 0 Å². The van der Waals surface area contributed by atoms with Crippen LogP contribution >= 0.6 is 0 Å². The van der Waals surface area contributed by atoms with E-state index in [1.165, 1.54) is 6.07 Å². The fourth-order valence-corrected chi connectivity index (χ4v) is 3.40. The van der Waals surface area contributed by atoms with Gasteiger partial charge in [-0.25, -0.2) is 18.4 Å². The van der Waals surface area contributed by atoms with Crippen molar-refractivity contribution in [3.8, 4) is 5.75 Å². The lowest BCUT2D eigenvalue weighted by atomic mass is 9.83. The first-order valence-corrected chi connectivity index (χ1v) is 8.77. The number of hydrogen-bond acceptors (Lipinski definition) is 6. The van der Waals surface area contributed by atoms with E-state index in [2.05, 4.69) is 0 Å². The van der Waals surface area contributed by atoms with Gasteiger partial charge >= 0.3 is 11.6 Å². The molecule has 1 aliphatic heterocycles. The van der Waals surface area contributed by atoms with Crippen LogP contribution in [0, 0.1) is 11.6 Å². The zero-order valence-electron chi connectivity index (χ0n) is 15.2. The fraction of sp³-hybridized carbons (Fsp3) is 0.143. The van der Waals surface area contributed by atoms with Crippen LogP contribution < -0.4 is 16.1 Å². The molecule has 8 heteroatoms. The van der Waals surface area contributed by atoms with E-state index in [4.69, 9.17) is 19.6 Å². The Morgan fingerprint density at radius 3 is 2.66 bits per heavy atom. The molecule has 0 spiro atoms. The quantitative estimate of drug-likeness (QED) is 0.537. The van der Waals surface area contributed by atoms with E-state index in [9.17, 15) is 18.4 Å². The molecule has 4 rings (SSSR count). The second kappa shape index (κ2) is 7.05. The van der Waals surface area contributed by atoms with Gasteiger partial charge in [0, 0.05) is 0 Å². The molecule has 0 fully saturated rings. The summed E-state index contributed by atoms with van der Waals surface area (Å²) in [6, 6.07) is 9.68. The van der Waals surface area contributed by atoms with Crippen molar-refractivity contribution >= 4 is 16.9 Å². The van der Waals surface area contributed by atoms with Crippen LogP contribution in [-0.4, -0.2) is 12.6 Å². The summed E-state index contributed by atoms with van der Waals surface area (Å²) in [5.41, 5.74) is 5.38. The number of para-hydroxylation sites is 1. The smallest absolute Gasteiger partial charge is 0.344 e. The molecule has 148 valence electrons. The maximum Gasteiger partial charge on any atom is 0.344 e. The van der Waals surface area contributed by atoms with Gasteiger partial charge in [0.15, 0.2) is 17.4 Å². The van der Waals surface area contributed by atoms with E-state index >= 15 is 0 Å². The molecule has 0 amide bonds. The highest BCUT2D eigenvalue weighted by Crippen LogP contribution is 2.44. The number of hydrogen-bond donors (Lipinski definition) is 1. The molecule has 29 heavy (non-hydrogen) atoms. The molecule has 0 saturated carbocycles. The molecule has 0 aliphatic carbocycles. The van der Waals surface area contributed by atoms with Crippen molar-refractivity contribution in [1.82, 2.24) is 0 Å². The van der Waals surface area contributed by atoms with Crippen LogP contribution in [0.5, 0.6) is 5.75 Å². The summed E-state index contributed by atoms with van der Waals surface area (Å²) < 4.78 is 43.5. The lowest BCUT2D eigenvalue weighted by molar-refractivity contribution is -0.139. The number of esters is 1. The fourth-order valence-electron chi connectivity index (χ4n) is 3.40. The third-order valence-electron chi connectivity index (χ3n) is 4.63. The summed E-state index contributed by atoms with van der Waals surface area (Å²) in [5, 5.41) is 0.445. The second-order valence-corrected chi connectivity index (χ2v) is 6.34. The van der Waals surface area contributed by atoms with E-state index in [1.807, 2.05) is 0 Å². The molecule has 2 aromatic carbocycles. The zero-order valence-corrected chi connectivity index (χ0v) is 15.2. The van der Waals surface area contributed by atoms with Crippen LogP contribution in [0.25, 0.3) is 11.0 Å². The predicted molar refractivity (Wildman–Crippen MR) is 99.2 cm³/mol. The van der Waals surface area contributed by atoms with Crippen LogP contribution in [-0.2, 0) is 9.53 Å². The van der Waals surface area contributed by atoms with Crippen LogP contribution in [0.15, 0.2) is 63.1 Å². The molecule has 1 aromatic heterocycles. The third kappa shape index (κ3) is 3.02. The lowest BCUT2D eigenvalue weighted by Crippen LogP contribution is -2.31. The Kier molecular flexibility index (Phi) is 4.54. The first kappa shape index (κ1) is 18.7. The van der Waals surface area contributed by atoms with E-state index in [0.29, 0.717) is 5.39 Å². The number of carbonyl (C=O) groups is 1. The van der Waals surface area contributed by atoms with Crippen molar-refractivity contribution in [2.24, 2.45) is 5.73 Å². The molecule has 1 aliphatic rings. The Hall–Kier alpha value is -3.68. The maximum absolute atomic E-state index is 14.0. The normalized spacial score (nSPS) is 15.8. The predicted octanol–water partition coefficient (Wildman–Crippen LogP) is 3.33. The van der Waals surface area contributed by atoms with E-state index in [-0.39, 0.29) is 40.5 Å². The van der Waals surface area contributed by atoms with Gasteiger partial charge in [0.05, 0.1) is 23.5 Å². The van der Waals surface area contributed by atoms with Crippen LogP contribution in [0.3, 0.4) is 0 Å². The Bertz CT molecular complexity index is 1230. The molecule has 0 radical (unpaired) electrons. The van der Waals surface area contributed by atoms with Crippen molar-refractivity contribution in [3.63, 3.8) is 0 Å². The number of fused-ring (bicyclic) bond motifs is 3. The first-order valence-electron chi connectivity index (χ1n) is 8.77. The monoisotopic (exact) mass is 399 g/mol. The number of rotatable bonds is 3. The zero-order chi connectivity index (χ0) is 20.7. The molecule has 0 bridgehead atoms. The van der Waals surface area contributed by atoms with Gasteiger partial charge in [-0.1, -0.05) is 18.2 Å². The molecule has 6 nitrogen and oxygen atoms in total. The van der Waals surface area contributed by atoms with E-state index < -0.39 is 29.1 Å². The summed E-state index contributed by atoms with van der Waals surface area (Å²) >= 11 is 0. The molecular formula is C21H15F2NO5. The second-order valence-electron chi connectivity index (χ2n) is 6.34. The molecule has 1 atom stereocenters. The molecule has 2 heterocycles. The van der Waals surface area contributed by atoms with Gasteiger partial charge in [-0.05, 0) is 36.8 Å². The Labute approximate surface area is 163 Å². The third-order valence-corrected chi connectivity index (χ3v) is 4.63. The Morgan fingerprint density at radius 1 is 1.17 bits per heavy atom.